The summed E-state index contributed by atoms with van der Waals surface area (Å²) in [6.07, 6.45) is 6.66. The maximum atomic E-state index is 12.8. The molecule has 0 saturated heterocycles. The van der Waals surface area contributed by atoms with Gasteiger partial charge in [0, 0.05) is 52.7 Å². The van der Waals surface area contributed by atoms with Crippen LogP contribution in [0.15, 0.2) is 41.8 Å². The number of carbonyl (C=O) groups excluding carboxylic acids is 3. The van der Waals surface area contributed by atoms with Crippen LogP contribution < -0.4 is 27.4 Å². The highest BCUT2D eigenvalue weighted by Gasteiger charge is 2.18. The second-order valence-corrected chi connectivity index (χ2v) is 7.84. The fourth-order valence-corrected chi connectivity index (χ4v) is 3.44. The van der Waals surface area contributed by atoms with Gasteiger partial charge in [-0.25, -0.2) is 0 Å². The van der Waals surface area contributed by atoms with E-state index >= 15 is 0 Å². The van der Waals surface area contributed by atoms with Crippen molar-refractivity contribution in [2.75, 3.05) is 22.9 Å². The number of nitrogens with two attached hydrogens (primary N) is 2. The van der Waals surface area contributed by atoms with Gasteiger partial charge < -0.3 is 41.1 Å². The number of nitrogen functional groups attached to an aromatic ring is 1. The second-order valence-electron chi connectivity index (χ2n) is 7.84. The highest BCUT2D eigenvalue weighted by atomic mass is 35.5. The first-order chi connectivity index (χ1) is 16.6. The van der Waals surface area contributed by atoms with Gasteiger partial charge in [-0.2, -0.15) is 10.3 Å². The minimum Gasteiger partial charge on any atom is -0.397 e. The number of carbonyl (C=O) groups is 3. The van der Waals surface area contributed by atoms with Crippen molar-refractivity contribution in [3.8, 4) is 6.19 Å². The van der Waals surface area contributed by atoms with E-state index in [2.05, 4.69) is 20.9 Å². The minimum atomic E-state index is -0.422. The van der Waals surface area contributed by atoms with Crippen LogP contribution in [-0.4, -0.2) is 43.8 Å². The number of halogens is 1. The van der Waals surface area contributed by atoms with Crippen molar-refractivity contribution >= 4 is 53.0 Å². The fraction of sp³-hybridized carbons (Fsp3) is 0.227. The molecule has 0 atom stereocenters. The highest BCUT2D eigenvalue weighted by Crippen LogP contribution is 2.19. The number of aryl methyl sites for hydroxylation is 3. The molecule has 0 fully saturated rings. The Balaban J connectivity index is 0.00000456. The van der Waals surface area contributed by atoms with E-state index in [1.165, 1.54) is 6.07 Å². The van der Waals surface area contributed by atoms with Crippen LogP contribution in [0.4, 0.5) is 17.1 Å². The average molecular weight is 515 g/mol. The van der Waals surface area contributed by atoms with Gasteiger partial charge >= 0.3 is 0 Å². The van der Waals surface area contributed by atoms with Crippen molar-refractivity contribution in [3.05, 3.63) is 53.9 Å². The van der Waals surface area contributed by atoms with Crippen molar-refractivity contribution in [3.63, 3.8) is 0 Å². The van der Waals surface area contributed by atoms with E-state index in [-0.39, 0.29) is 43.0 Å². The molecule has 36 heavy (non-hydrogen) atoms. The molecule has 0 aliphatic heterocycles. The lowest BCUT2D eigenvalue weighted by Crippen LogP contribution is -2.29. The molecule has 3 heterocycles. The second kappa shape index (κ2) is 11.6. The number of hydrogen-bond acceptors (Lipinski definition) is 6. The van der Waals surface area contributed by atoms with Crippen LogP contribution in [0.25, 0.3) is 0 Å². The molecule has 0 aliphatic carbocycles. The van der Waals surface area contributed by atoms with Crippen molar-refractivity contribution in [1.29, 1.82) is 5.26 Å². The smallest absolute Gasteiger partial charge is 0.272 e. The molecule has 3 aromatic heterocycles. The Morgan fingerprint density at radius 2 is 1.36 bits per heavy atom. The van der Waals surface area contributed by atoms with E-state index in [0.717, 1.165) is 0 Å². The summed E-state index contributed by atoms with van der Waals surface area (Å²) >= 11 is 0. The zero-order valence-electron chi connectivity index (χ0n) is 19.9. The van der Waals surface area contributed by atoms with Gasteiger partial charge in [-0.1, -0.05) is 0 Å². The number of nitrogens with zero attached hydrogens (tertiary/aromatic N) is 5. The molecule has 3 aromatic rings. The van der Waals surface area contributed by atoms with Gasteiger partial charge in [0.05, 0.1) is 17.1 Å². The lowest BCUT2D eigenvalue weighted by molar-refractivity contribution is 0.0945. The predicted octanol–water partition coefficient (Wildman–Crippen LogP) is 1.17. The van der Waals surface area contributed by atoms with Crippen LogP contribution in [-0.2, 0) is 21.1 Å². The molecule has 3 rings (SSSR count). The number of aromatic nitrogens is 3. The minimum absolute atomic E-state index is 0. The monoisotopic (exact) mass is 514 g/mol. The van der Waals surface area contributed by atoms with Crippen molar-refractivity contribution < 1.29 is 14.4 Å². The van der Waals surface area contributed by atoms with Gasteiger partial charge in [0.2, 0.25) is 6.19 Å². The summed E-state index contributed by atoms with van der Waals surface area (Å²) in [5.74, 6) is -1.03. The van der Waals surface area contributed by atoms with Gasteiger partial charge in [0.1, 0.15) is 22.9 Å². The molecule has 0 bridgehead atoms. The number of nitrogens with one attached hydrogen (secondary N) is 3. The summed E-state index contributed by atoms with van der Waals surface area (Å²) in [5, 5.41) is 16.6. The van der Waals surface area contributed by atoms with E-state index in [0.29, 0.717) is 34.1 Å². The third kappa shape index (κ3) is 6.45. The molecular formula is C22H27ClN10O3. The van der Waals surface area contributed by atoms with Gasteiger partial charge in [-0.15, -0.1) is 12.4 Å². The van der Waals surface area contributed by atoms with Crippen molar-refractivity contribution in [2.45, 2.75) is 6.42 Å². The summed E-state index contributed by atoms with van der Waals surface area (Å²) in [6.45, 7) is 0.204. The number of amidine groups is 1. The number of aliphatic imine (C=N–C) groups is 1. The van der Waals surface area contributed by atoms with Gasteiger partial charge in [0.15, 0.2) is 0 Å². The number of hydrogen-bond donors (Lipinski definition) is 5. The van der Waals surface area contributed by atoms with Gasteiger partial charge in [-0.05, 0) is 18.2 Å². The zero-order valence-corrected chi connectivity index (χ0v) is 20.7. The normalized spacial score (nSPS) is 10.8. The Morgan fingerprint density at radius 1 is 0.889 bits per heavy atom. The summed E-state index contributed by atoms with van der Waals surface area (Å²) < 4.78 is 4.76. The SMILES string of the molecule is Cl.Cn1cc(NC(=O)c2cc(NC(=O)c3cc(N)cn3C)cn2C)cc1C(=O)NCCC(N)=NC#N. The van der Waals surface area contributed by atoms with E-state index in [9.17, 15) is 14.4 Å². The molecule has 14 heteroatoms. The van der Waals surface area contributed by atoms with E-state index in [1.54, 1.807) is 71.8 Å². The fourth-order valence-electron chi connectivity index (χ4n) is 3.44. The molecule has 0 unspecified atom stereocenters. The van der Waals surface area contributed by atoms with Crippen LogP contribution in [0, 0.1) is 11.5 Å². The number of nitriles is 1. The first kappa shape index (κ1) is 27.5. The summed E-state index contributed by atoms with van der Waals surface area (Å²) in [6, 6.07) is 4.64. The number of anilines is 3. The Hall–Kier alpha value is -4.70. The predicted molar refractivity (Wildman–Crippen MR) is 138 cm³/mol. The van der Waals surface area contributed by atoms with E-state index < -0.39 is 5.91 Å². The van der Waals surface area contributed by atoms with Crippen LogP contribution in [0.3, 0.4) is 0 Å². The van der Waals surface area contributed by atoms with Gasteiger partial charge in [-0.3, -0.25) is 14.4 Å². The van der Waals surface area contributed by atoms with Gasteiger partial charge in [0.25, 0.3) is 17.7 Å². The molecule has 0 spiro atoms. The summed E-state index contributed by atoms with van der Waals surface area (Å²) in [7, 11) is 5.06. The third-order valence-electron chi connectivity index (χ3n) is 5.11. The molecule has 3 amide bonds. The van der Waals surface area contributed by atoms with Crippen molar-refractivity contribution in [2.24, 2.45) is 31.9 Å². The molecule has 0 aromatic carbocycles. The zero-order chi connectivity index (χ0) is 25.7. The molecular weight excluding hydrogens is 488 g/mol. The molecule has 0 radical (unpaired) electrons. The quantitative estimate of drug-likeness (QED) is 0.170. The van der Waals surface area contributed by atoms with E-state index in [1.807, 2.05) is 0 Å². The Labute approximate surface area is 213 Å². The lowest BCUT2D eigenvalue weighted by Gasteiger charge is -2.05. The first-order valence-corrected chi connectivity index (χ1v) is 10.5. The Kier molecular flexibility index (Phi) is 8.90. The van der Waals surface area contributed by atoms with Crippen LogP contribution in [0.1, 0.15) is 37.9 Å². The Bertz CT molecular complexity index is 1360. The largest absolute Gasteiger partial charge is 0.397 e. The maximum Gasteiger partial charge on any atom is 0.272 e. The summed E-state index contributed by atoms with van der Waals surface area (Å²) in [5.41, 5.74) is 13.6. The van der Waals surface area contributed by atoms with Crippen LogP contribution in [0.5, 0.6) is 0 Å². The van der Waals surface area contributed by atoms with E-state index in [4.69, 9.17) is 16.7 Å². The standard InChI is InChI=1S/C22H26N10O3.ClH/c1-30-9-13(24)6-16(30)21(34)28-15-8-18(32(3)11-15)22(35)29-14-7-17(31(2)10-14)20(33)26-5-4-19(25)27-12-23;/h6-11H,4-5,24H2,1-3H3,(H2,25,27)(H,26,33)(H,28,34)(H,29,35);1H. The number of amides is 3. The topological polar surface area (TPSA) is 190 Å². The van der Waals surface area contributed by atoms with Crippen LogP contribution >= 0.6 is 12.4 Å². The molecule has 7 N–H and O–H groups in total. The molecule has 0 saturated carbocycles. The van der Waals surface area contributed by atoms with Crippen LogP contribution in [0.2, 0.25) is 0 Å². The Morgan fingerprint density at radius 3 is 1.83 bits per heavy atom. The van der Waals surface area contributed by atoms with Crippen molar-refractivity contribution in [1.82, 2.24) is 19.0 Å². The lowest BCUT2D eigenvalue weighted by atomic mass is 10.3. The molecule has 190 valence electrons. The molecule has 0 aliphatic rings. The average Bonchev–Trinajstić information content (AvgIpc) is 3.44. The number of rotatable bonds is 8. The first-order valence-electron chi connectivity index (χ1n) is 10.5. The maximum absolute atomic E-state index is 12.8. The highest BCUT2D eigenvalue weighted by molar-refractivity contribution is 6.07. The summed E-state index contributed by atoms with van der Waals surface area (Å²) in [4.78, 5) is 41.2. The molecule has 13 nitrogen and oxygen atoms in total. The third-order valence-corrected chi connectivity index (χ3v) is 5.11.